The molecular weight excluding hydrogens is 545 g/mol. The van der Waals surface area contributed by atoms with E-state index in [1.165, 1.54) is 57.8 Å². The molecular formula is C36H58O3S2. The van der Waals surface area contributed by atoms with Gasteiger partial charge in [0.1, 0.15) is 0 Å². The smallest absolute Gasteiger partial charge is 0.216 e. The first-order valence-electron chi connectivity index (χ1n) is 16.6. The first kappa shape index (κ1) is 31.6. The second-order valence-electron chi connectivity index (χ2n) is 15.8. The van der Waals surface area contributed by atoms with Crippen LogP contribution in [0.5, 0.6) is 0 Å². The maximum absolute atomic E-state index is 13.2. The summed E-state index contributed by atoms with van der Waals surface area (Å²) >= 11 is 0. The maximum Gasteiger partial charge on any atom is 0.306 e. The lowest BCUT2D eigenvalue weighted by atomic mass is 9.47. The van der Waals surface area contributed by atoms with E-state index in [1.54, 1.807) is 17.7 Å². The Labute approximate surface area is 254 Å². The predicted octanol–water partition coefficient (Wildman–Crippen LogP) is 10.1. The summed E-state index contributed by atoms with van der Waals surface area (Å²) in [5, 5.41) is 0.287. The minimum absolute atomic E-state index is 0.271. The second kappa shape index (κ2) is 11.6. The highest BCUT2D eigenvalue weighted by Gasteiger charge is 2.59. The van der Waals surface area contributed by atoms with E-state index in [-0.39, 0.29) is 15.6 Å². The number of fused-ring (bicyclic) bond motifs is 5. The van der Waals surface area contributed by atoms with Gasteiger partial charge in [-0.1, -0.05) is 83.2 Å². The van der Waals surface area contributed by atoms with Gasteiger partial charge in [0.2, 0.25) is 0 Å². The monoisotopic (exact) mass is 602 g/mol. The highest BCUT2D eigenvalue weighted by atomic mass is 32.3. The van der Waals surface area contributed by atoms with E-state index in [1.807, 2.05) is 19.1 Å². The van der Waals surface area contributed by atoms with Gasteiger partial charge < -0.3 is 0 Å². The summed E-state index contributed by atoms with van der Waals surface area (Å²) in [5.41, 5.74) is 3.46. The molecule has 8 atom stereocenters. The summed E-state index contributed by atoms with van der Waals surface area (Å²) in [6, 6.07) is 7.06. The first-order valence-corrected chi connectivity index (χ1v) is 20.5. The van der Waals surface area contributed by atoms with E-state index >= 15 is 0 Å². The fraction of sp³-hybridized carbons (Fsp3) is 0.778. The molecule has 3 nitrogen and oxygen atoms in total. The molecule has 0 radical (unpaired) electrons. The van der Waals surface area contributed by atoms with Gasteiger partial charge in [-0.2, -0.15) is 8.42 Å². The largest absolute Gasteiger partial charge is 0.306 e. The van der Waals surface area contributed by atoms with Gasteiger partial charge in [0.15, 0.2) is 0 Å². The van der Waals surface area contributed by atoms with Crippen molar-refractivity contribution in [1.82, 2.24) is 0 Å². The van der Waals surface area contributed by atoms with Crippen molar-refractivity contribution in [1.29, 1.82) is 0 Å². The molecule has 0 N–H and O–H groups in total. The lowest BCUT2D eigenvalue weighted by Gasteiger charge is -2.59. The fourth-order valence-electron chi connectivity index (χ4n) is 10.2. The van der Waals surface area contributed by atoms with Crippen molar-refractivity contribution in [2.45, 2.75) is 122 Å². The predicted molar refractivity (Wildman–Crippen MR) is 176 cm³/mol. The number of rotatable bonds is 9. The van der Waals surface area contributed by atoms with Gasteiger partial charge in [-0.3, -0.25) is 0 Å². The summed E-state index contributed by atoms with van der Waals surface area (Å²) < 4.78 is 32.5. The summed E-state index contributed by atoms with van der Waals surface area (Å²) in [4.78, 5) is 0.276. The molecule has 1 aromatic carbocycles. The second-order valence-corrected chi connectivity index (χ2v) is 21.0. The van der Waals surface area contributed by atoms with Crippen LogP contribution in [-0.2, 0) is 13.7 Å². The van der Waals surface area contributed by atoms with Crippen molar-refractivity contribution in [3.05, 3.63) is 41.5 Å². The third-order valence-corrected chi connectivity index (χ3v) is 17.6. The molecule has 3 saturated carbocycles. The van der Waals surface area contributed by atoms with Crippen molar-refractivity contribution in [2.24, 2.45) is 46.3 Å². The molecule has 5 rings (SSSR count). The lowest BCUT2D eigenvalue weighted by Crippen LogP contribution is -2.51. The molecule has 232 valence electrons. The minimum atomic E-state index is -3.77. The average molecular weight is 603 g/mol. The van der Waals surface area contributed by atoms with Gasteiger partial charge in [0.25, 0.3) is 0 Å². The van der Waals surface area contributed by atoms with Gasteiger partial charge in [-0.05, 0) is 129 Å². The first-order chi connectivity index (χ1) is 19.2. The maximum atomic E-state index is 13.2. The highest BCUT2D eigenvalue weighted by Crippen LogP contribution is 2.69. The van der Waals surface area contributed by atoms with E-state index in [4.69, 9.17) is 3.63 Å². The third-order valence-electron chi connectivity index (χ3n) is 12.6. The summed E-state index contributed by atoms with van der Waals surface area (Å²) in [7, 11) is -5.56. The molecule has 3 fully saturated rings. The van der Waals surface area contributed by atoms with E-state index in [0.717, 1.165) is 53.9 Å². The number of allylic oxidation sites excluding steroid dienone is 2. The molecule has 41 heavy (non-hydrogen) atoms. The van der Waals surface area contributed by atoms with Crippen LogP contribution in [0.3, 0.4) is 0 Å². The number of aryl methyl sites for hydroxylation is 1. The molecule has 0 aliphatic heterocycles. The van der Waals surface area contributed by atoms with E-state index in [0.29, 0.717) is 5.41 Å². The standard InChI is InChI=1S/C36H58O3S2/c1-25(2)10-9-11-27(4)32-18-19-33-31-17-14-28-24-30(20-22-35(28,5)34(31)21-23-36(32,33)6)40(7,8)39-41(37,38)29-15-12-26(3)13-16-29/h12-16,25,27,30-34H,9-11,17-24H2,1-8H3/t27-,30?,31+,32-,33+,34+,35+,36-/m1/s1. The Morgan fingerprint density at radius 2 is 1.63 bits per heavy atom. The van der Waals surface area contributed by atoms with Crippen LogP contribution in [0.1, 0.15) is 111 Å². The Bertz CT molecular complexity index is 1220. The average Bonchev–Trinajstić information content (AvgIpc) is 3.25. The Hall–Kier alpha value is -0.780. The van der Waals surface area contributed by atoms with Crippen molar-refractivity contribution in [2.75, 3.05) is 12.5 Å². The normalized spacial score (nSPS) is 36.7. The van der Waals surface area contributed by atoms with Crippen LogP contribution in [-0.4, -0.2) is 26.2 Å². The van der Waals surface area contributed by atoms with Crippen LogP contribution in [0.4, 0.5) is 0 Å². The fourth-order valence-corrected chi connectivity index (χ4v) is 14.5. The van der Waals surface area contributed by atoms with Gasteiger partial charge in [0.05, 0.1) is 4.90 Å². The Morgan fingerprint density at radius 1 is 0.927 bits per heavy atom. The molecule has 0 spiro atoms. The van der Waals surface area contributed by atoms with Gasteiger partial charge in [-0.25, -0.2) is 3.63 Å². The third kappa shape index (κ3) is 5.99. The van der Waals surface area contributed by atoms with Gasteiger partial charge in [-0.15, -0.1) is 10.3 Å². The number of hydrogen-bond donors (Lipinski definition) is 0. The number of hydrogen-bond acceptors (Lipinski definition) is 3. The van der Waals surface area contributed by atoms with Crippen molar-refractivity contribution in [3.8, 4) is 0 Å². The molecule has 5 heteroatoms. The topological polar surface area (TPSA) is 43.4 Å². The molecule has 0 amide bonds. The van der Waals surface area contributed by atoms with Crippen molar-refractivity contribution >= 4 is 20.4 Å². The SMILES string of the molecule is Cc1ccc(S(=O)(=O)OS(C)(C)C2CC[C@@]3(C)C(=CC[C@H]4[C@@H]5CC[C@H]([C@H](C)CCCC(C)C)[C@@]5(C)CC[C@@H]43)C2)cc1. The van der Waals surface area contributed by atoms with Gasteiger partial charge >= 0.3 is 10.1 Å². The molecule has 0 heterocycles. The zero-order valence-corrected chi connectivity index (χ0v) is 28.9. The summed E-state index contributed by atoms with van der Waals surface area (Å²) in [6.45, 7) is 14.5. The Kier molecular flexibility index (Phi) is 8.97. The molecule has 1 unspecified atom stereocenters. The van der Waals surface area contributed by atoms with E-state index < -0.39 is 20.4 Å². The molecule has 4 aliphatic carbocycles. The van der Waals surface area contributed by atoms with Crippen molar-refractivity contribution < 1.29 is 12.0 Å². The van der Waals surface area contributed by atoms with Crippen molar-refractivity contribution in [3.63, 3.8) is 0 Å². The zero-order chi connectivity index (χ0) is 29.8. The van der Waals surface area contributed by atoms with Crippen LogP contribution >= 0.6 is 10.3 Å². The quantitative estimate of drug-likeness (QED) is 0.264. The summed E-state index contributed by atoms with van der Waals surface area (Å²) in [5.74, 6) is 5.04. The van der Waals surface area contributed by atoms with Crippen LogP contribution in [0.2, 0.25) is 0 Å². The van der Waals surface area contributed by atoms with E-state index in [2.05, 4.69) is 53.2 Å². The lowest BCUT2D eigenvalue weighted by molar-refractivity contribution is -0.0498. The molecule has 0 bridgehead atoms. The molecule has 1 aromatic rings. The Balaban J connectivity index is 1.28. The van der Waals surface area contributed by atoms with E-state index in [9.17, 15) is 8.42 Å². The summed E-state index contributed by atoms with van der Waals surface area (Å²) in [6.07, 6.45) is 21.1. The molecule has 0 saturated heterocycles. The Morgan fingerprint density at radius 3 is 2.32 bits per heavy atom. The number of benzene rings is 1. The van der Waals surface area contributed by atoms with Crippen LogP contribution < -0.4 is 0 Å². The molecule has 0 aromatic heterocycles. The van der Waals surface area contributed by atoms with Crippen LogP contribution in [0.15, 0.2) is 40.8 Å². The highest BCUT2D eigenvalue weighted by molar-refractivity contribution is 8.32. The van der Waals surface area contributed by atoms with Gasteiger partial charge in [0, 0.05) is 5.25 Å². The van der Waals surface area contributed by atoms with Crippen LogP contribution in [0, 0.1) is 53.3 Å². The zero-order valence-electron chi connectivity index (χ0n) is 27.2. The van der Waals surface area contributed by atoms with Crippen LogP contribution in [0.25, 0.3) is 0 Å². The molecule has 4 aliphatic rings. The minimum Gasteiger partial charge on any atom is -0.216 e.